The van der Waals surface area contributed by atoms with E-state index in [-0.39, 0.29) is 30.8 Å². The van der Waals surface area contributed by atoms with Gasteiger partial charge in [-0.1, -0.05) is 6.07 Å². The van der Waals surface area contributed by atoms with Crippen LogP contribution in [0.15, 0.2) is 30.6 Å². The minimum atomic E-state index is -4.74. The van der Waals surface area contributed by atoms with Crippen LogP contribution in [0.2, 0.25) is 0 Å². The Labute approximate surface area is 198 Å². The summed E-state index contributed by atoms with van der Waals surface area (Å²) in [5.74, 6) is -1.44. The van der Waals surface area contributed by atoms with Gasteiger partial charge in [-0.25, -0.2) is 13.9 Å². The maximum atomic E-state index is 15.2. The smallest absolute Gasteiger partial charge is 0.385 e. The Morgan fingerprint density at radius 3 is 2.69 bits per heavy atom. The first-order valence-corrected chi connectivity index (χ1v) is 11.3. The lowest BCUT2D eigenvalue weighted by molar-refractivity contribution is -0.140. The molecule has 2 unspecified atom stereocenters. The van der Waals surface area contributed by atoms with Gasteiger partial charge in [0.2, 0.25) is 0 Å². The predicted molar refractivity (Wildman–Crippen MR) is 116 cm³/mol. The van der Waals surface area contributed by atoms with Crippen LogP contribution >= 0.6 is 0 Å². The molecule has 2 aromatic heterocycles. The normalized spacial score (nSPS) is 25.1. The molecule has 1 saturated heterocycles. The van der Waals surface area contributed by atoms with Gasteiger partial charge in [-0.15, -0.1) is 0 Å². The number of nitrogens with zero attached hydrogens (tertiary/aromatic N) is 3. The van der Waals surface area contributed by atoms with E-state index in [1.807, 2.05) is 6.20 Å². The lowest BCUT2D eigenvalue weighted by Crippen LogP contribution is -2.65. The summed E-state index contributed by atoms with van der Waals surface area (Å²) in [4.78, 5) is 18.0. The molecule has 1 aliphatic carbocycles. The number of hydrogen-bond donors (Lipinski definition) is 2. The van der Waals surface area contributed by atoms with Crippen molar-refractivity contribution < 1.29 is 32.2 Å². The Bertz CT molecular complexity index is 1320. The van der Waals surface area contributed by atoms with Crippen LogP contribution in [0.25, 0.3) is 5.65 Å². The van der Waals surface area contributed by atoms with Crippen molar-refractivity contribution in [3.63, 3.8) is 0 Å². The molecule has 5 rings (SSSR count). The second-order valence-electron chi connectivity index (χ2n) is 9.52. The number of fused-ring (bicyclic) bond motifs is 1. The average Bonchev–Trinajstić information content (AvgIpc) is 3.56. The van der Waals surface area contributed by atoms with Gasteiger partial charge in [0, 0.05) is 31.0 Å². The van der Waals surface area contributed by atoms with Gasteiger partial charge in [0.05, 0.1) is 17.9 Å². The lowest BCUT2D eigenvalue weighted by Gasteiger charge is -2.49. The summed E-state index contributed by atoms with van der Waals surface area (Å²) < 4.78 is 61.5. The fourth-order valence-electron chi connectivity index (χ4n) is 4.82. The van der Waals surface area contributed by atoms with Crippen molar-refractivity contribution in [2.75, 3.05) is 13.2 Å². The SMILES string of the molecule is Cc1nn2cc(C3CC3)cnc2c1C(=O)NC1(c2ccc(C(F)(F)F)cc2F)CCOCC1(C)O. The van der Waals surface area contributed by atoms with Gasteiger partial charge in [-0.3, -0.25) is 4.79 Å². The molecule has 1 aromatic carbocycles. The van der Waals surface area contributed by atoms with Gasteiger partial charge < -0.3 is 15.2 Å². The first-order valence-electron chi connectivity index (χ1n) is 11.3. The second-order valence-corrected chi connectivity index (χ2v) is 9.52. The average molecular weight is 492 g/mol. The molecule has 1 saturated carbocycles. The number of halogens is 4. The highest BCUT2D eigenvalue weighted by Gasteiger charge is 2.54. The highest BCUT2D eigenvalue weighted by molar-refractivity contribution is 6.01. The van der Waals surface area contributed by atoms with Crippen LogP contribution in [0.1, 0.15) is 64.8 Å². The minimum Gasteiger partial charge on any atom is -0.385 e. The Balaban J connectivity index is 1.58. The Hall–Kier alpha value is -3.05. The van der Waals surface area contributed by atoms with Gasteiger partial charge in [0.25, 0.3) is 5.91 Å². The van der Waals surface area contributed by atoms with Crippen LogP contribution in [-0.4, -0.2) is 44.4 Å². The van der Waals surface area contributed by atoms with Crippen LogP contribution in [0.5, 0.6) is 0 Å². The molecule has 2 aliphatic rings. The third-order valence-corrected chi connectivity index (χ3v) is 6.95. The molecule has 0 bridgehead atoms. The lowest BCUT2D eigenvalue weighted by atomic mass is 9.71. The molecule has 2 N–H and O–H groups in total. The van der Waals surface area contributed by atoms with E-state index in [9.17, 15) is 23.1 Å². The number of benzene rings is 1. The monoisotopic (exact) mass is 492 g/mol. The largest absolute Gasteiger partial charge is 0.416 e. The van der Waals surface area contributed by atoms with E-state index in [4.69, 9.17) is 4.74 Å². The topological polar surface area (TPSA) is 88.8 Å². The molecule has 7 nitrogen and oxygen atoms in total. The second kappa shape index (κ2) is 7.99. The third kappa shape index (κ3) is 3.96. The molecule has 11 heteroatoms. The van der Waals surface area contributed by atoms with Gasteiger partial charge in [0.15, 0.2) is 5.65 Å². The first kappa shape index (κ1) is 23.7. The summed E-state index contributed by atoms with van der Waals surface area (Å²) in [6, 6.07) is 2.07. The fourth-order valence-corrected chi connectivity index (χ4v) is 4.82. The van der Waals surface area contributed by atoms with E-state index in [1.54, 1.807) is 13.1 Å². The van der Waals surface area contributed by atoms with Crippen LogP contribution in [0, 0.1) is 12.7 Å². The Morgan fingerprint density at radius 2 is 2.06 bits per heavy atom. The fraction of sp³-hybridized carbons (Fsp3) is 0.458. The summed E-state index contributed by atoms with van der Waals surface area (Å²) in [6.07, 6.45) is 0.845. The summed E-state index contributed by atoms with van der Waals surface area (Å²) in [7, 11) is 0. The summed E-state index contributed by atoms with van der Waals surface area (Å²) in [5, 5.41) is 18.4. The van der Waals surface area contributed by atoms with E-state index < -0.39 is 34.6 Å². The molecule has 186 valence electrons. The van der Waals surface area contributed by atoms with Crippen LogP contribution in [-0.2, 0) is 16.5 Å². The van der Waals surface area contributed by atoms with E-state index in [0.717, 1.165) is 30.5 Å². The zero-order valence-corrected chi connectivity index (χ0v) is 19.1. The van der Waals surface area contributed by atoms with E-state index in [2.05, 4.69) is 15.4 Å². The van der Waals surface area contributed by atoms with Crippen molar-refractivity contribution in [2.24, 2.45) is 0 Å². The van der Waals surface area contributed by atoms with E-state index in [0.29, 0.717) is 23.3 Å². The summed E-state index contributed by atoms with van der Waals surface area (Å²) in [5.41, 5.74) is -3.19. The zero-order chi connectivity index (χ0) is 25.2. The number of hydrogen-bond acceptors (Lipinski definition) is 5. The Kier molecular flexibility index (Phi) is 5.41. The standard InChI is InChI=1S/C24H24F4N4O3/c1-13-19(20-29-10-15(14-3-4-14)11-32(20)31-13)21(33)30-23(7-8-35-12-22(23,2)34)17-6-5-16(9-18(17)25)24(26,27)28/h5-6,9-11,14,34H,3-4,7-8,12H2,1-2H3,(H,30,33). The highest BCUT2D eigenvalue weighted by atomic mass is 19.4. The molecular formula is C24H24F4N4O3. The maximum absolute atomic E-state index is 15.2. The van der Waals surface area contributed by atoms with Crippen LogP contribution in [0.3, 0.4) is 0 Å². The molecule has 3 aromatic rings. The van der Waals surface area contributed by atoms with Gasteiger partial charge >= 0.3 is 6.18 Å². The Morgan fingerprint density at radius 1 is 1.31 bits per heavy atom. The van der Waals surface area contributed by atoms with E-state index >= 15 is 4.39 Å². The van der Waals surface area contributed by atoms with Crippen molar-refractivity contribution in [1.82, 2.24) is 19.9 Å². The molecule has 1 aliphatic heterocycles. The van der Waals surface area contributed by atoms with Crippen molar-refractivity contribution in [3.8, 4) is 0 Å². The van der Waals surface area contributed by atoms with Gasteiger partial charge in [0.1, 0.15) is 22.5 Å². The molecule has 3 heterocycles. The number of aryl methyl sites for hydroxylation is 1. The van der Waals surface area contributed by atoms with Gasteiger partial charge in [-0.05, 0) is 50.3 Å². The predicted octanol–water partition coefficient (Wildman–Crippen LogP) is 3.87. The number of carbonyl (C=O) groups excluding carboxylic acids is 1. The molecule has 2 fully saturated rings. The molecule has 2 atom stereocenters. The maximum Gasteiger partial charge on any atom is 0.416 e. The molecule has 0 spiro atoms. The molecular weight excluding hydrogens is 468 g/mol. The van der Waals surface area contributed by atoms with Crippen molar-refractivity contribution in [2.45, 2.75) is 56.3 Å². The quantitative estimate of drug-likeness (QED) is 0.540. The number of nitrogens with one attached hydrogen (secondary N) is 1. The third-order valence-electron chi connectivity index (χ3n) is 6.95. The number of carbonyl (C=O) groups is 1. The number of aromatic nitrogens is 3. The number of amides is 1. The van der Waals surface area contributed by atoms with Gasteiger partial charge in [-0.2, -0.15) is 18.3 Å². The van der Waals surface area contributed by atoms with E-state index in [1.165, 1.54) is 11.4 Å². The molecule has 35 heavy (non-hydrogen) atoms. The van der Waals surface area contributed by atoms with Crippen LogP contribution in [0.4, 0.5) is 17.6 Å². The molecule has 1 amide bonds. The van der Waals surface area contributed by atoms with Crippen molar-refractivity contribution >= 4 is 11.6 Å². The van der Waals surface area contributed by atoms with Crippen molar-refractivity contribution in [1.29, 1.82) is 0 Å². The first-order chi connectivity index (χ1) is 16.4. The van der Waals surface area contributed by atoms with Crippen LogP contribution < -0.4 is 5.32 Å². The van der Waals surface area contributed by atoms with Crippen molar-refractivity contribution in [3.05, 3.63) is 64.4 Å². The number of ether oxygens (including phenoxy) is 1. The minimum absolute atomic E-state index is 0.0492. The summed E-state index contributed by atoms with van der Waals surface area (Å²) >= 11 is 0. The highest BCUT2D eigenvalue weighted by Crippen LogP contribution is 2.43. The number of rotatable bonds is 4. The number of alkyl halides is 3. The summed E-state index contributed by atoms with van der Waals surface area (Å²) in [6.45, 7) is 2.78. The zero-order valence-electron chi connectivity index (χ0n) is 19.1. The molecule has 0 radical (unpaired) electrons. The number of aliphatic hydroxyl groups is 1.